The number of anilines is 1. The number of halogens is 2. The Balaban J connectivity index is 1.66. The van der Waals surface area contributed by atoms with Gasteiger partial charge in [-0.3, -0.25) is 14.2 Å². The molecule has 2 aromatic heterocycles. The van der Waals surface area contributed by atoms with Crippen molar-refractivity contribution >= 4 is 68.1 Å². The van der Waals surface area contributed by atoms with E-state index in [0.29, 0.717) is 36.8 Å². The molecular weight excluding hydrogens is 461 g/mol. The molecule has 4 aromatic rings. The fraction of sp³-hybridized carbons (Fsp3) is 0.0952. The molecular formula is C21H15Cl2N3O2S2. The fourth-order valence-electron chi connectivity index (χ4n) is 2.89. The highest BCUT2D eigenvalue weighted by atomic mass is 35.5. The Morgan fingerprint density at radius 2 is 1.90 bits per heavy atom. The average molecular weight is 476 g/mol. The van der Waals surface area contributed by atoms with Crippen LogP contribution in [0.3, 0.4) is 0 Å². The molecule has 0 aliphatic rings. The lowest BCUT2D eigenvalue weighted by Crippen LogP contribution is -2.22. The maximum atomic E-state index is 13.1. The van der Waals surface area contributed by atoms with Crippen LogP contribution in [0.1, 0.15) is 5.56 Å². The van der Waals surface area contributed by atoms with Crippen LogP contribution >= 0.6 is 46.3 Å². The number of carbonyl (C=O) groups is 1. The standard InChI is InChI=1S/C21H15Cl2N3O2S2/c1-12-13(22)6-4-7-15(12)24-18(27)11-30-21-25-16-9-10-29-19(16)20(28)26(21)17-8-3-2-5-14(17)23/h2-10H,11H2,1H3,(H,24,27). The van der Waals surface area contributed by atoms with E-state index >= 15 is 0 Å². The van der Waals surface area contributed by atoms with Crippen molar-refractivity contribution in [2.45, 2.75) is 12.1 Å². The lowest BCUT2D eigenvalue weighted by atomic mass is 10.2. The Morgan fingerprint density at radius 1 is 1.13 bits per heavy atom. The molecule has 0 aliphatic heterocycles. The third-order valence-corrected chi connectivity index (χ3v) is 6.98. The van der Waals surface area contributed by atoms with Crippen LogP contribution in [0.5, 0.6) is 0 Å². The van der Waals surface area contributed by atoms with Crippen LogP contribution in [0.4, 0.5) is 5.69 Å². The van der Waals surface area contributed by atoms with E-state index in [0.717, 1.165) is 5.56 Å². The topological polar surface area (TPSA) is 64.0 Å². The number of nitrogens with zero attached hydrogens (tertiary/aromatic N) is 2. The summed E-state index contributed by atoms with van der Waals surface area (Å²) in [5.41, 5.74) is 2.36. The highest BCUT2D eigenvalue weighted by Gasteiger charge is 2.17. The molecule has 0 saturated carbocycles. The highest BCUT2D eigenvalue weighted by molar-refractivity contribution is 7.99. The number of para-hydroxylation sites is 1. The van der Waals surface area contributed by atoms with Crippen LogP contribution < -0.4 is 10.9 Å². The number of fused-ring (bicyclic) bond motifs is 1. The van der Waals surface area contributed by atoms with Gasteiger partial charge in [-0.2, -0.15) is 0 Å². The summed E-state index contributed by atoms with van der Waals surface area (Å²) >= 11 is 15.0. The van der Waals surface area contributed by atoms with Crippen molar-refractivity contribution < 1.29 is 4.79 Å². The summed E-state index contributed by atoms with van der Waals surface area (Å²) in [4.78, 5) is 30.3. The lowest BCUT2D eigenvalue weighted by Gasteiger charge is -2.13. The number of nitrogens with one attached hydrogen (secondary N) is 1. The number of benzene rings is 2. The number of thioether (sulfide) groups is 1. The molecule has 5 nitrogen and oxygen atoms in total. The summed E-state index contributed by atoms with van der Waals surface area (Å²) in [5.74, 6) is -0.158. The summed E-state index contributed by atoms with van der Waals surface area (Å²) in [6.45, 7) is 1.84. The van der Waals surface area contributed by atoms with Gasteiger partial charge in [-0.25, -0.2) is 4.98 Å². The van der Waals surface area contributed by atoms with Crippen LogP contribution in [0.15, 0.2) is 63.9 Å². The second kappa shape index (κ2) is 8.81. The largest absolute Gasteiger partial charge is 0.325 e. The number of carbonyl (C=O) groups excluding carboxylic acids is 1. The summed E-state index contributed by atoms with van der Waals surface area (Å²) in [6.07, 6.45) is 0. The van der Waals surface area contributed by atoms with Crippen LogP contribution in [0.25, 0.3) is 15.9 Å². The zero-order valence-electron chi connectivity index (χ0n) is 15.7. The van der Waals surface area contributed by atoms with Crippen molar-refractivity contribution in [1.82, 2.24) is 9.55 Å². The van der Waals surface area contributed by atoms with Gasteiger partial charge in [0.05, 0.1) is 22.0 Å². The molecule has 0 bridgehead atoms. The summed E-state index contributed by atoms with van der Waals surface area (Å²) in [6, 6.07) is 14.2. The molecule has 30 heavy (non-hydrogen) atoms. The van der Waals surface area contributed by atoms with E-state index in [4.69, 9.17) is 23.2 Å². The van der Waals surface area contributed by atoms with Gasteiger partial charge in [-0.05, 0) is 48.2 Å². The van der Waals surface area contributed by atoms with Gasteiger partial charge in [0.15, 0.2) is 5.16 Å². The van der Waals surface area contributed by atoms with Crippen molar-refractivity contribution in [3.05, 3.63) is 79.9 Å². The molecule has 0 aliphatic carbocycles. The molecule has 0 fully saturated rings. The summed E-state index contributed by atoms with van der Waals surface area (Å²) in [7, 11) is 0. The molecule has 0 radical (unpaired) electrons. The Bertz CT molecular complexity index is 1320. The first kappa shape index (κ1) is 20.9. The predicted molar refractivity (Wildman–Crippen MR) is 126 cm³/mol. The molecule has 0 saturated heterocycles. The Morgan fingerprint density at radius 3 is 2.70 bits per heavy atom. The van der Waals surface area contributed by atoms with Gasteiger partial charge < -0.3 is 5.32 Å². The van der Waals surface area contributed by atoms with Crippen molar-refractivity contribution in [2.75, 3.05) is 11.1 Å². The SMILES string of the molecule is Cc1c(Cl)cccc1NC(=O)CSc1nc2ccsc2c(=O)n1-c1ccccc1Cl. The second-order valence-electron chi connectivity index (χ2n) is 6.37. The summed E-state index contributed by atoms with van der Waals surface area (Å²) in [5, 5.41) is 6.08. The monoisotopic (exact) mass is 475 g/mol. The minimum absolute atomic E-state index is 0.0679. The van der Waals surface area contributed by atoms with E-state index in [1.165, 1.54) is 27.7 Å². The fourth-order valence-corrected chi connectivity index (χ4v) is 4.85. The maximum Gasteiger partial charge on any atom is 0.276 e. The van der Waals surface area contributed by atoms with Crippen LogP contribution in [0.2, 0.25) is 10.0 Å². The first-order valence-corrected chi connectivity index (χ1v) is 11.5. The minimum Gasteiger partial charge on any atom is -0.325 e. The van der Waals surface area contributed by atoms with Crippen LogP contribution in [-0.2, 0) is 4.79 Å². The Labute approximate surface area is 190 Å². The molecule has 1 amide bonds. The average Bonchev–Trinajstić information content (AvgIpc) is 3.20. The highest BCUT2D eigenvalue weighted by Crippen LogP contribution is 2.28. The molecule has 152 valence electrons. The van der Waals surface area contributed by atoms with Gasteiger partial charge >= 0.3 is 0 Å². The van der Waals surface area contributed by atoms with Gasteiger partial charge in [0.2, 0.25) is 5.91 Å². The number of hydrogen-bond acceptors (Lipinski definition) is 5. The number of amides is 1. The Hall–Kier alpha value is -2.32. The van der Waals surface area contributed by atoms with Gasteiger partial charge in [-0.1, -0.05) is 53.2 Å². The minimum atomic E-state index is -0.226. The van der Waals surface area contributed by atoms with Crippen LogP contribution in [-0.4, -0.2) is 21.2 Å². The van der Waals surface area contributed by atoms with Gasteiger partial charge in [-0.15, -0.1) is 11.3 Å². The molecule has 0 unspecified atom stereocenters. The van der Waals surface area contributed by atoms with Crippen LogP contribution in [0, 0.1) is 6.92 Å². The molecule has 0 spiro atoms. The summed E-state index contributed by atoms with van der Waals surface area (Å²) < 4.78 is 2.00. The molecule has 4 rings (SSSR count). The second-order valence-corrected chi connectivity index (χ2v) is 9.04. The predicted octanol–water partition coefficient (Wildman–Crippen LogP) is 5.79. The third kappa shape index (κ3) is 4.11. The number of aromatic nitrogens is 2. The zero-order chi connectivity index (χ0) is 21.3. The van der Waals surface area contributed by atoms with E-state index in [-0.39, 0.29) is 17.2 Å². The Kier molecular flexibility index (Phi) is 6.15. The van der Waals surface area contributed by atoms with E-state index in [1.54, 1.807) is 48.5 Å². The van der Waals surface area contributed by atoms with E-state index in [9.17, 15) is 9.59 Å². The van der Waals surface area contributed by atoms with Gasteiger partial charge in [0, 0.05) is 10.7 Å². The smallest absolute Gasteiger partial charge is 0.276 e. The van der Waals surface area contributed by atoms with Crippen molar-refractivity contribution in [2.24, 2.45) is 0 Å². The van der Waals surface area contributed by atoms with Gasteiger partial charge in [0.1, 0.15) is 4.70 Å². The lowest BCUT2D eigenvalue weighted by molar-refractivity contribution is -0.113. The van der Waals surface area contributed by atoms with Crippen molar-refractivity contribution in [3.8, 4) is 5.69 Å². The maximum absolute atomic E-state index is 13.1. The molecule has 1 N–H and O–H groups in total. The quantitative estimate of drug-likeness (QED) is 0.292. The van der Waals surface area contributed by atoms with Crippen molar-refractivity contribution in [3.63, 3.8) is 0 Å². The first-order chi connectivity index (χ1) is 14.5. The molecule has 9 heteroatoms. The molecule has 2 aromatic carbocycles. The zero-order valence-corrected chi connectivity index (χ0v) is 18.8. The van der Waals surface area contributed by atoms with Gasteiger partial charge in [0.25, 0.3) is 5.56 Å². The van der Waals surface area contributed by atoms with E-state index in [1.807, 2.05) is 12.3 Å². The first-order valence-electron chi connectivity index (χ1n) is 8.88. The van der Waals surface area contributed by atoms with Crippen molar-refractivity contribution in [1.29, 1.82) is 0 Å². The van der Waals surface area contributed by atoms with E-state index in [2.05, 4.69) is 10.3 Å². The number of hydrogen-bond donors (Lipinski definition) is 1. The molecule has 2 heterocycles. The number of rotatable bonds is 5. The third-order valence-electron chi connectivity index (χ3n) is 4.42. The number of thiophene rings is 1. The van der Waals surface area contributed by atoms with E-state index < -0.39 is 0 Å². The normalized spacial score (nSPS) is 11.0. The molecule has 0 atom stereocenters.